The molecule has 1 aromatic heterocycles. The third kappa shape index (κ3) is 3.41. The molecule has 0 amide bonds. The van der Waals surface area contributed by atoms with E-state index in [0.717, 1.165) is 20.9 Å². The molecule has 0 bridgehead atoms. The van der Waals surface area contributed by atoms with Gasteiger partial charge in [0.15, 0.2) is 0 Å². The van der Waals surface area contributed by atoms with Gasteiger partial charge >= 0.3 is 0 Å². The highest BCUT2D eigenvalue weighted by Crippen LogP contribution is 2.28. The predicted octanol–water partition coefficient (Wildman–Crippen LogP) is 4.69. The Morgan fingerprint density at radius 1 is 1.18 bits per heavy atom. The minimum atomic E-state index is -0.328. The largest absolute Gasteiger partial charge is 0.321 e. The molecule has 2 N–H and O–H groups in total. The topological polar surface area (TPSA) is 26.0 Å². The summed E-state index contributed by atoms with van der Waals surface area (Å²) in [6.45, 7) is 2.07. The van der Waals surface area contributed by atoms with Crippen molar-refractivity contribution in [3.05, 3.63) is 55.1 Å². The molecule has 0 saturated heterocycles. The Morgan fingerprint density at radius 2 is 1.82 bits per heavy atom. The smallest absolute Gasteiger partial charge is 0.0429 e. The zero-order valence-electron chi connectivity index (χ0n) is 9.41. The van der Waals surface area contributed by atoms with Crippen LogP contribution in [0, 0.1) is 0 Å². The lowest BCUT2D eigenvalue weighted by atomic mass is 9.89. The maximum Gasteiger partial charge on any atom is 0.0429 e. The average molecular weight is 375 g/mol. The molecular weight excluding hydrogens is 362 g/mol. The summed E-state index contributed by atoms with van der Waals surface area (Å²) in [5.74, 6) is 0. The Labute approximate surface area is 122 Å². The molecule has 0 spiro atoms. The molecule has 1 heterocycles. The van der Waals surface area contributed by atoms with E-state index in [1.807, 2.05) is 12.1 Å². The summed E-state index contributed by atoms with van der Waals surface area (Å²) in [5.41, 5.74) is 7.23. The Kier molecular flexibility index (Phi) is 4.08. The SMILES string of the molecule is CC(N)(Cc1cc(Br)cs1)c1ccc(Br)cc1. The Bertz CT molecular complexity index is 502. The second kappa shape index (κ2) is 5.22. The summed E-state index contributed by atoms with van der Waals surface area (Å²) in [6, 6.07) is 10.4. The van der Waals surface area contributed by atoms with E-state index < -0.39 is 0 Å². The summed E-state index contributed by atoms with van der Waals surface area (Å²) >= 11 is 8.64. The highest BCUT2D eigenvalue weighted by atomic mass is 79.9. The average Bonchev–Trinajstić information content (AvgIpc) is 2.63. The highest BCUT2D eigenvalue weighted by molar-refractivity contribution is 9.10. The van der Waals surface area contributed by atoms with Crippen LogP contribution in [0.25, 0.3) is 0 Å². The van der Waals surface area contributed by atoms with Gasteiger partial charge in [0, 0.05) is 31.2 Å². The van der Waals surface area contributed by atoms with Gasteiger partial charge in [0.25, 0.3) is 0 Å². The molecule has 0 aliphatic carbocycles. The molecule has 0 aliphatic rings. The summed E-state index contributed by atoms with van der Waals surface area (Å²) in [7, 11) is 0. The van der Waals surface area contributed by atoms with E-state index in [2.05, 4.69) is 62.4 Å². The van der Waals surface area contributed by atoms with Crippen LogP contribution in [0.1, 0.15) is 17.4 Å². The zero-order chi connectivity index (χ0) is 12.5. The van der Waals surface area contributed by atoms with Crippen LogP contribution in [0.5, 0.6) is 0 Å². The van der Waals surface area contributed by atoms with E-state index in [4.69, 9.17) is 5.73 Å². The maximum atomic E-state index is 6.41. The number of benzene rings is 1. The number of hydrogen-bond donors (Lipinski definition) is 1. The van der Waals surface area contributed by atoms with Crippen molar-refractivity contribution < 1.29 is 0 Å². The van der Waals surface area contributed by atoms with Crippen molar-refractivity contribution in [3.8, 4) is 0 Å². The molecule has 4 heteroatoms. The van der Waals surface area contributed by atoms with Crippen LogP contribution >= 0.6 is 43.2 Å². The second-order valence-corrected chi connectivity index (χ2v) is 7.16. The molecule has 1 unspecified atom stereocenters. The van der Waals surface area contributed by atoms with E-state index in [9.17, 15) is 0 Å². The van der Waals surface area contributed by atoms with Gasteiger partial charge in [0.05, 0.1) is 0 Å². The van der Waals surface area contributed by atoms with Gasteiger partial charge in [-0.05, 0) is 46.6 Å². The van der Waals surface area contributed by atoms with Crippen molar-refractivity contribution in [2.24, 2.45) is 5.73 Å². The van der Waals surface area contributed by atoms with Crippen LogP contribution in [0.3, 0.4) is 0 Å². The van der Waals surface area contributed by atoms with Crippen molar-refractivity contribution in [2.75, 3.05) is 0 Å². The lowest BCUT2D eigenvalue weighted by Crippen LogP contribution is -2.35. The van der Waals surface area contributed by atoms with Crippen LogP contribution in [-0.2, 0) is 12.0 Å². The van der Waals surface area contributed by atoms with Crippen molar-refractivity contribution in [2.45, 2.75) is 18.9 Å². The van der Waals surface area contributed by atoms with Crippen molar-refractivity contribution in [1.82, 2.24) is 0 Å². The molecule has 0 radical (unpaired) electrons. The molecule has 0 fully saturated rings. The van der Waals surface area contributed by atoms with Crippen LogP contribution in [0.2, 0.25) is 0 Å². The Hall–Kier alpha value is -0.160. The van der Waals surface area contributed by atoms with Gasteiger partial charge < -0.3 is 5.73 Å². The standard InChI is InChI=1S/C13H13Br2NS/c1-13(16,7-12-6-11(15)8-17-12)9-2-4-10(14)5-3-9/h2-6,8H,7,16H2,1H3. The highest BCUT2D eigenvalue weighted by Gasteiger charge is 2.22. The second-order valence-electron chi connectivity index (χ2n) is 4.33. The van der Waals surface area contributed by atoms with E-state index in [1.165, 1.54) is 4.88 Å². The zero-order valence-corrected chi connectivity index (χ0v) is 13.4. The number of halogens is 2. The molecule has 1 nitrogen and oxygen atoms in total. The first-order valence-corrected chi connectivity index (χ1v) is 7.72. The Morgan fingerprint density at radius 3 is 2.35 bits per heavy atom. The molecule has 2 aromatic rings. The van der Waals surface area contributed by atoms with Gasteiger partial charge in [-0.25, -0.2) is 0 Å². The van der Waals surface area contributed by atoms with Crippen LogP contribution in [-0.4, -0.2) is 0 Å². The number of thiophene rings is 1. The van der Waals surface area contributed by atoms with E-state index in [-0.39, 0.29) is 5.54 Å². The van der Waals surface area contributed by atoms with Crippen LogP contribution < -0.4 is 5.73 Å². The maximum absolute atomic E-state index is 6.41. The first kappa shape index (κ1) is 13.3. The van der Waals surface area contributed by atoms with Gasteiger partial charge in [-0.2, -0.15) is 0 Å². The van der Waals surface area contributed by atoms with Gasteiger partial charge in [-0.3, -0.25) is 0 Å². The Balaban J connectivity index is 2.21. The fourth-order valence-electron chi connectivity index (χ4n) is 1.74. The van der Waals surface area contributed by atoms with Crippen LogP contribution in [0.15, 0.2) is 44.7 Å². The fourth-order valence-corrected chi connectivity index (χ4v) is 3.62. The molecule has 1 aromatic carbocycles. The summed E-state index contributed by atoms with van der Waals surface area (Å²) in [5, 5.41) is 2.09. The molecule has 90 valence electrons. The number of hydrogen-bond acceptors (Lipinski definition) is 2. The molecule has 17 heavy (non-hydrogen) atoms. The molecule has 1 atom stereocenters. The third-order valence-electron chi connectivity index (χ3n) is 2.67. The quantitative estimate of drug-likeness (QED) is 0.828. The molecular formula is C13H13Br2NS. The van der Waals surface area contributed by atoms with Gasteiger partial charge in [0.1, 0.15) is 0 Å². The first-order valence-electron chi connectivity index (χ1n) is 5.25. The summed E-state index contributed by atoms with van der Waals surface area (Å²) in [6.07, 6.45) is 0.852. The minimum absolute atomic E-state index is 0.328. The lowest BCUT2D eigenvalue weighted by Gasteiger charge is -2.24. The van der Waals surface area contributed by atoms with E-state index in [0.29, 0.717) is 0 Å². The number of rotatable bonds is 3. The summed E-state index contributed by atoms with van der Waals surface area (Å²) < 4.78 is 2.21. The molecule has 2 rings (SSSR count). The van der Waals surface area contributed by atoms with Gasteiger partial charge in [-0.1, -0.05) is 28.1 Å². The van der Waals surface area contributed by atoms with Crippen molar-refractivity contribution >= 4 is 43.2 Å². The van der Waals surface area contributed by atoms with Crippen LogP contribution in [0.4, 0.5) is 0 Å². The number of nitrogens with two attached hydrogens (primary N) is 1. The minimum Gasteiger partial charge on any atom is -0.321 e. The summed E-state index contributed by atoms with van der Waals surface area (Å²) in [4.78, 5) is 1.30. The van der Waals surface area contributed by atoms with E-state index >= 15 is 0 Å². The van der Waals surface area contributed by atoms with E-state index in [1.54, 1.807) is 11.3 Å². The van der Waals surface area contributed by atoms with Gasteiger partial charge in [0.2, 0.25) is 0 Å². The third-order valence-corrected chi connectivity index (χ3v) is 4.89. The monoisotopic (exact) mass is 373 g/mol. The van der Waals surface area contributed by atoms with Crippen molar-refractivity contribution in [3.63, 3.8) is 0 Å². The molecule has 0 saturated carbocycles. The van der Waals surface area contributed by atoms with Gasteiger partial charge in [-0.15, -0.1) is 11.3 Å². The fraction of sp³-hybridized carbons (Fsp3) is 0.231. The first-order chi connectivity index (χ1) is 7.97. The lowest BCUT2D eigenvalue weighted by molar-refractivity contribution is 0.495. The predicted molar refractivity (Wildman–Crippen MR) is 81.4 cm³/mol. The molecule has 0 aliphatic heterocycles. The van der Waals surface area contributed by atoms with Crippen molar-refractivity contribution in [1.29, 1.82) is 0 Å². The normalized spacial score (nSPS) is 14.6.